The largest absolute Gasteiger partial charge is 0.367 e. The van der Waals surface area contributed by atoms with Crippen LogP contribution in [0.4, 0.5) is 5.82 Å². The van der Waals surface area contributed by atoms with Gasteiger partial charge < -0.3 is 10.6 Å². The minimum absolute atomic E-state index is 0.503. The lowest BCUT2D eigenvalue weighted by Gasteiger charge is -2.24. The number of aromatic nitrogens is 3. The van der Waals surface area contributed by atoms with Crippen molar-refractivity contribution in [3.63, 3.8) is 0 Å². The number of rotatable bonds is 3. The van der Waals surface area contributed by atoms with E-state index in [-0.39, 0.29) is 0 Å². The van der Waals surface area contributed by atoms with Crippen LogP contribution in [0.1, 0.15) is 18.4 Å². The lowest BCUT2D eigenvalue weighted by atomic mass is 10.1. The number of anilines is 1. The Balaban J connectivity index is 1.65. The molecule has 0 atom stereocenters. The number of imidazole rings is 1. The molecule has 0 aromatic carbocycles. The number of piperidine rings is 1. The van der Waals surface area contributed by atoms with Gasteiger partial charge in [0.25, 0.3) is 0 Å². The Morgan fingerprint density at radius 2 is 2.04 bits per heavy atom. The normalized spacial score (nSPS) is 15.9. The van der Waals surface area contributed by atoms with Crippen molar-refractivity contribution in [1.29, 1.82) is 0 Å². The van der Waals surface area contributed by atoms with Crippen LogP contribution in [-0.4, -0.2) is 33.5 Å². The Kier molecular flexibility index (Phi) is 3.71. The SMILES string of the molecule is Cc1ccc2ncc(-c3cccc(NC4CCNCC4)n3)n2c1. The molecule has 0 spiro atoms. The van der Waals surface area contributed by atoms with Crippen molar-refractivity contribution in [3.8, 4) is 11.4 Å². The highest BCUT2D eigenvalue weighted by Gasteiger charge is 2.14. The van der Waals surface area contributed by atoms with Crippen molar-refractivity contribution in [2.24, 2.45) is 0 Å². The fraction of sp³-hybridized carbons (Fsp3) is 0.333. The Morgan fingerprint density at radius 1 is 1.17 bits per heavy atom. The summed E-state index contributed by atoms with van der Waals surface area (Å²) in [7, 11) is 0. The van der Waals surface area contributed by atoms with Gasteiger partial charge in [0.05, 0.1) is 17.6 Å². The average molecular weight is 307 g/mol. The third-order valence-corrected chi connectivity index (χ3v) is 4.36. The summed E-state index contributed by atoms with van der Waals surface area (Å²) in [5.74, 6) is 0.942. The predicted octanol–water partition coefficient (Wildman–Crippen LogP) is 2.87. The van der Waals surface area contributed by atoms with Gasteiger partial charge in [0.15, 0.2) is 0 Å². The van der Waals surface area contributed by atoms with E-state index in [2.05, 4.69) is 45.3 Å². The second-order valence-corrected chi connectivity index (χ2v) is 6.15. The van der Waals surface area contributed by atoms with Gasteiger partial charge in [-0.3, -0.25) is 4.40 Å². The van der Waals surface area contributed by atoms with E-state index in [0.717, 1.165) is 48.8 Å². The van der Waals surface area contributed by atoms with Crippen LogP contribution in [0.2, 0.25) is 0 Å². The van der Waals surface area contributed by atoms with Crippen LogP contribution in [-0.2, 0) is 0 Å². The molecule has 1 aliphatic rings. The zero-order valence-corrected chi connectivity index (χ0v) is 13.3. The first-order valence-electron chi connectivity index (χ1n) is 8.18. The van der Waals surface area contributed by atoms with E-state index in [9.17, 15) is 0 Å². The van der Waals surface area contributed by atoms with Crippen molar-refractivity contribution in [2.45, 2.75) is 25.8 Å². The van der Waals surface area contributed by atoms with Crippen LogP contribution >= 0.6 is 0 Å². The van der Waals surface area contributed by atoms with Crippen LogP contribution in [0.25, 0.3) is 17.0 Å². The minimum atomic E-state index is 0.503. The lowest BCUT2D eigenvalue weighted by Crippen LogP contribution is -2.35. The molecule has 5 heteroatoms. The van der Waals surface area contributed by atoms with Crippen molar-refractivity contribution in [3.05, 3.63) is 48.3 Å². The topological polar surface area (TPSA) is 54.2 Å². The number of nitrogens with zero attached hydrogens (tertiary/aromatic N) is 3. The summed E-state index contributed by atoms with van der Waals surface area (Å²) < 4.78 is 2.10. The molecule has 0 unspecified atom stereocenters. The lowest BCUT2D eigenvalue weighted by molar-refractivity contribution is 0.478. The molecule has 0 amide bonds. The van der Waals surface area contributed by atoms with Crippen LogP contribution in [0.3, 0.4) is 0 Å². The Labute approximate surface area is 135 Å². The minimum Gasteiger partial charge on any atom is -0.367 e. The van der Waals surface area contributed by atoms with Gasteiger partial charge in [-0.05, 0) is 56.6 Å². The van der Waals surface area contributed by atoms with E-state index in [0.29, 0.717) is 6.04 Å². The summed E-state index contributed by atoms with van der Waals surface area (Å²) in [6.45, 7) is 4.24. The number of hydrogen-bond acceptors (Lipinski definition) is 4. The Hall–Kier alpha value is -2.40. The average Bonchev–Trinajstić information content (AvgIpc) is 2.99. The zero-order chi connectivity index (χ0) is 15.6. The number of fused-ring (bicyclic) bond motifs is 1. The fourth-order valence-corrected chi connectivity index (χ4v) is 3.11. The second kappa shape index (κ2) is 6.01. The van der Waals surface area contributed by atoms with Crippen molar-refractivity contribution in [2.75, 3.05) is 18.4 Å². The molecular weight excluding hydrogens is 286 g/mol. The molecule has 23 heavy (non-hydrogen) atoms. The highest BCUT2D eigenvalue weighted by atomic mass is 15.1. The molecular formula is C18H21N5. The van der Waals surface area contributed by atoms with Crippen molar-refractivity contribution in [1.82, 2.24) is 19.7 Å². The molecule has 1 saturated heterocycles. The summed E-state index contributed by atoms with van der Waals surface area (Å²) in [4.78, 5) is 9.27. The van der Waals surface area contributed by atoms with E-state index < -0.39 is 0 Å². The molecule has 3 aromatic heterocycles. The highest BCUT2D eigenvalue weighted by molar-refractivity contribution is 5.62. The van der Waals surface area contributed by atoms with E-state index in [4.69, 9.17) is 4.98 Å². The van der Waals surface area contributed by atoms with Crippen LogP contribution in [0.5, 0.6) is 0 Å². The molecule has 5 nitrogen and oxygen atoms in total. The van der Waals surface area contributed by atoms with Crippen LogP contribution in [0, 0.1) is 6.92 Å². The maximum Gasteiger partial charge on any atom is 0.137 e. The van der Waals surface area contributed by atoms with E-state index in [1.165, 1.54) is 5.56 Å². The smallest absolute Gasteiger partial charge is 0.137 e. The summed E-state index contributed by atoms with van der Waals surface area (Å²) >= 11 is 0. The molecule has 3 aromatic rings. The molecule has 0 saturated carbocycles. The van der Waals surface area contributed by atoms with Crippen LogP contribution in [0.15, 0.2) is 42.7 Å². The summed E-state index contributed by atoms with van der Waals surface area (Å²) in [5, 5.41) is 6.95. The predicted molar refractivity (Wildman–Crippen MR) is 92.7 cm³/mol. The van der Waals surface area contributed by atoms with Gasteiger partial charge >= 0.3 is 0 Å². The van der Waals surface area contributed by atoms with Gasteiger partial charge in [-0.15, -0.1) is 0 Å². The third-order valence-electron chi connectivity index (χ3n) is 4.36. The van der Waals surface area contributed by atoms with Gasteiger partial charge in [-0.2, -0.15) is 0 Å². The zero-order valence-electron chi connectivity index (χ0n) is 13.3. The molecule has 2 N–H and O–H groups in total. The molecule has 4 rings (SSSR count). The highest BCUT2D eigenvalue weighted by Crippen LogP contribution is 2.21. The van der Waals surface area contributed by atoms with Crippen molar-refractivity contribution < 1.29 is 0 Å². The molecule has 0 aliphatic carbocycles. The summed E-state index contributed by atoms with van der Waals surface area (Å²) in [6.07, 6.45) is 6.28. The van der Waals surface area contributed by atoms with E-state index in [1.807, 2.05) is 24.4 Å². The Morgan fingerprint density at radius 3 is 2.91 bits per heavy atom. The summed E-state index contributed by atoms with van der Waals surface area (Å²) in [6, 6.07) is 10.8. The number of nitrogens with one attached hydrogen (secondary N) is 2. The monoisotopic (exact) mass is 307 g/mol. The van der Waals surface area contributed by atoms with Crippen LogP contribution < -0.4 is 10.6 Å². The second-order valence-electron chi connectivity index (χ2n) is 6.15. The summed E-state index contributed by atoms with van der Waals surface area (Å²) in [5.41, 5.74) is 4.13. The first kappa shape index (κ1) is 14.2. The number of pyridine rings is 2. The molecule has 1 aliphatic heterocycles. The molecule has 4 heterocycles. The standard InChI is InChI=1S/C18H21N5/c1-13-5-6-18-20-11-16(23(18)12-13)15-3-2-4-17(22-15)21-14-7-9-19-10-8-14/h2-6,11-12,14,19H,7-10H2,1H3,(H,21,22). The van der Waals surface area contributed by atoms with E-state index in [1.54, 1.807) is 0 Å². The maximum absolute atomic E-state index is 4.80. The van der Waals surface area contributed by atoms with Gasteiger partial charge in [0.2, 0.25) is 0 Å². The van der Waals surface area contributed by atoms with Gasteiger partial charge in [-0.1, -0.05) is 12.1 Å². The quantitative estimate of drug-likeness (QED) is 0.781. The van der Waals surface area contributed by atoms with Gasteiger partial charge in [-0.25, -0.2) is 9.97 Å². The maximum atomic E-state index is 4.80. The van der Waals surface area contributed by atoms with Gasteiger partial charge in [0.1, 0.15) is 11.5 Å². The van der Waals surface area contributed by atoms with E-state index >= 15 is 0 Å². The molecule has 118 valence electrons. The molecule has 0 radical (unpaired) electrons. The van der Waals surface area contributed by atoms with Gasteiger partial charge in [0, 0.05) is 12.2 Å². The first-order chi connectivity index (χ1) is 11.3. The fourth-order valence-electron chi connectivity index (χ4n) is 3.11. The van der Waals surface area contributed by atoms with Crippen molar-refractivity contribution >= 4 is 11.5 Å². The third kappa shape index (κ3) is 2.92. The molecule has 1 fully saturated rings. The molecule has 0 bridgehead atoms. The Bertz CT molecular complexity index is 817. The number of aryl methyl sites for hydroxylation is 1. The number of hydrogen-bond donors (Lipinski definition) is 2. The first-order valence-corrected chi connectivity index (χ1v) is 8.18.